The average molecular weight is 161 g/mol. The van der Waals surface area contributed by atoms with Crippen molar-refractivity contribution in [3.63, 3.8) is 0 Å². The first-order valence-corrected chi connectivity index (χ1v) is 3.37. The normalized spacial score (nSPS) is 9.00. The molecule has 0 amide bonds. The molecule has 12 heavy (non-hydrogen) atoms. The molecular weight excluding hydrogens is 150 g/mol. The molecule has 2 aromatic rings. The predicted octanol–water partition coefficient (Wildman–Crippen LogP) is 2.11. The van der Waals surface area contributed by atoms with E-state index in [9.17, 15) is 0 Å². The lowest BCUT2D eigenvalue weighted by Crippen LogP contribution is -1.78. The smallest absolute Gasteiger partial charge is 0.155 e. The largest absolute Gasteiger partial charge is 0.259 e. The number of aromatic amines is 1. The van der Waals surface area contributed by atoms with E-state index < -0.39 is 0 Å². The lowest BCUT2D eigenvalue weighted by molar-refractivity contribution is 1.10. The minimum absolute atomic E-state index is 0. The summed E-state index contributed by atoms with van der Waals surface area (Å²) in [5, 5.41) is 6.55. The molecule has 2 rings (SSSR count). The van der Waals surface area contributed by atoms with Gasteiger partial charge in [0.2, 0.25) is 0 Å². The number of hydrogen-bond acceptors (Lipinski definition) is 2. The Morgan fingerprint density at radius 3 is 2.42 bits per heavy atom. The Morgan fingerprint density at radius 1 is 1.08 bits per heavy atom. The average Bonchev–Trinajstić information content (AvgIpc) is 2.58. The number of nitrogens with one attached hydrogen (secondary N) is 1. The number of H-pyrrole nitrogens is 1. The fourth-order valence-corrected chi connectivity index (χ4v) is 0.941. The highest BCUT2D eigenvalue weighted by Gasteiger charge is 1.95. The Balaban J connectivity index is 0.000000720. The Hall–Kier alpha value is -1.64. The molecule has 1 N–H and O–H groups in total. The molecule has 0 spiro atoms. The van der Waals surface area contributed by atoms with Crippen LogP contribution in [0.4, 0.5) is 0 Å². The topological polar surface area (TPSA) is 41.6 Å². The monoisotopic (exact) mass is 161 g/mol. The fourth-order valence-electron chi connectivity index (χ4n) is 0.941. The van der Waals surface area contributed by atoms with Crippen molar-refractivity contribution in [3.05, 3.63) is 36.7 Å². The van der Waals surface area contributed by atoms with E-state index in [1.165, 1.54) is 6.33 Å². The number of hydrogen-bond donors (Lipinski definition) is 1. The van der Waals surface area contributed by atoms with Crippen molar-refractivity contribution in [2.45, 2.75) is 7.43 Å². The van der Waals surface area contributed by atoms with Crippen LogP contribution in [0.25, 0.3) is 11.4 Å². The Kier molecular flexibility index (Phi) is 2.58. The number of rotatable bonds is 1. The van der Waals surface area contributed by atoms with Crippen molar-refractivity contribution in [2.75, 3.05) is 0 Å². The van der Waals surface area contributed by atoms with Crippen LogP contribution in [-0.4, -0.2) is 15.2 Å². The second-order valence-electron chi connectivity index (χ2n) is 2.20. The predicted molar refractivity (Wildman–Crippen MR) is 48.5 cm³/mol. The third kappa shape index (κ3) is 1.50. The van der Waals surface area contributed by atoms with Gasteiger partial charge in [0.1, 0.15) is 6.33 Å². The van der Waals surface area contributed by atoms with Gasteiger partial charge in [-0.1, -0.05) is 37.8 Å². The van der Waals surface area contributed by atoms with Crippen LogP contribution < -0.4 is 0 Å². The van der Waals surface area contributed by atoms with Gasteiger partial charge in [0.15, 0.2) is 5.82 Å². The van der Waals surface area contributed by atoms with Crippen molar-refractivity contribution >= 4 is 0 Å². The van der Waals surface area contributed by atoms with E-state index in [-0.39, 0.29) is 7.43 Å². The molecule has 0 unspecified atom stereocenters. The zero-order chi connectivity index (χ0) is 7.52. The van der Waals surface area contributed by atoms with Gasteiger partial charge in [0.25, 0.3) is 0 Å². The van der Waals surface area contributed by atoms with E-state index in [0.29, 0.717) is 0 Å². The molecular formula is C9H11N3. The SMILES string of the molecule is C.c1ccc(-c2ncn[nH]2)cc1. The molecule has 62 valence electrons. The summed E-state index contributed by atoms with van der Waals surface area (Å²) in [6.45, 7) is 0. The number of benzene rings is 1. The minimum atomic E-state index is 0. The molecule has 0 saturated heterocycles. The molecule has 1 aromatic carbocycles. The lowest BCUT2D eigenvalue weighted by atomic mass is 10.2. The maximum absolute atomic E-state index is 4.02. The first kappa shape index (κ1) is 8.46. The summed E-state index contributed by atoms with van der Waals surface area (Å²) in [6, 6.07) is 9.89. The van der Waals surface area contributed by atoms with E-state index in [1.807, 2.05) is 30.3 Å². The van der Waals surface area contributed by atoms with E-state index in [0.717, 1.165) is 11.4 Å². The Bertz CT molecular complexity index is 313. The highest BCUT2D eigenvalue weighted by Crippen LogP contribution is 2.10. The van der Waals surface area contributed by atoms with Crippen LogP contribution in [0.15, 0.2) is 36.7 Å². The van der Waals surface area contributed by atoms with Gasteiger partial charge in [-0.25, -0.2) is 4.98 Å². The summed E-state index contributed by atoms with van der Waals surface area (Å²) in [5.41, 5.74) is 1.06. The number of nitrogens with zero attached hydrogens (tertiary/aromatic N) is 2. The lowest BCUT2D eigenvalue weighted by Gasteiger charge is -1.91. The van der Waals surface area contributed by atoms with Crippen LogP contribution in [-0.2, 0) is 0 Å². The van der Waals surface area contributed by atoms with Gasteiger partial charge in [-0.05, 0) is 0 Å². The molecule has 0 atom stereocenters. The van der Waals surface area contributed by atoms with Gasteiger partial charge in [0.05, 0.1) is 0 Å². The molecule has 1 heterocycles. The summed E-state index contributed by atoms with van der Waals surface area (Å²) in [6.07, 6.45) is 1.50. The molecule has 0 aliphatic heterocycles. The van der Waals surface area contributed by atoms with Crippen molar-refractivity contribution in [1.82, 2.24) is 15.2 Å². The second kappa shape index (κ2) is 3.67. The van der Waals surface area contributed by atoms with Crippen molar-refractivity contribution in [3.8, 4) is 11.4 Å². The molecule has 0 radical (unpaired) electrons. The van der Waals surface area contributed by atoms with Gasteiger partial charge in [-0.2, -0.15) is 5.10 Å². The maximum atomic E-state index is 4.02. The zero-order valence-electron chi connectivity index (χ0n) is 5.86. The minimum Gasteiger partial charge on any atom is -0.259 e. The van der Waals surface area contributed by atoms with Crippen LogP contribution in [0.5, 0.6) is 0 Å². The summed E-state index contributed by atoms with van der Waals surface area (Å²) in [4.78, 5) is 4.02. The fraction of sp³-hybridized carbons (Fsp3) is 0.111. The molecule has 0 bridgehead atoms. The van der Waals surface area contributed by atoms with Gasteiger partial charge < -0.3 is 0 Å². The molecule has 1 aromatic heterocycles. The standard InChI is InChI=1S/C8H7N3.CH4/c1-2-4-7(5-3-1)8-9-6-10-11-8;/h1-6H,(H,9,10,11);1H4. The first-order valence-electron chi connectivity index (χ1n) is 3.37. The van der Waals surface area contributed by atoms with Gasteiger partial charge in [-0.15, -0.1) is 0 Å². The first-order chi connectivity index (χ1) is 5.47. The third-order valence-electron chi connectivity index (χ3n) is 1.46. The van der Waals surface area contributed by atoms with Gasteiger partial charge in [0, 0.05) is 5.56 Å². The van der Waals surface area contributed by atoms with E-state index in [2.05, 4.69) is 15.2 Å². The van der Waals surface area contributed by atoms with Crippen molar-refractivity contribution in [1.29, 1.82) is 0 Å². The number of aromatic nitrogens is 3. The molecule has 0 aliphatic rings. The molecule has 0 fully saturated rings. The van der Waals surface area contributed by atoms with E-state index in [1.54, 1.807) is 0 Å². The summed E-state index contributed by atoms with van der Waals surface area (Å²) >= 11 is 0. The second-order valence-corrected chi connectivity index (χ2v) is 2.20. The van der Waals surface area contributed by atoms with Crippen LogP contribution in [0.3, 0.4) is 0 Å². The molecule has 0 aliphatic carbocycles. The maximum Gasteiger partial charge on any atom is 0.155 e. The molecule has 0 saturated carbocycles. The van der Waals surface area contributed by atoms with Gasteiger partial charge in [-0.3, -0.25) is 5.10 Å². The van der Waals surface area contributed by atoms with E-state index in [4.69, 9.17) is 0 Å². The zero-order valence-corrected chi connectivity index (χ0v) is 5.86. The van der Waals surface area contributed by atoms with Crippen LogP contribution in [0.2, 0.25) is 0 Å². The molecule has 3 heteroatoms. The quantitative estimate of drug-likeness (QED) is 0.696. The van der Waals surface area contributed by atoms with Crippen LogP contribution >= 0.6 is 0 Å². The van der Waals surface area contributed by atoms with E-state index >= 15 is 0 Å². The summed E-state index contributed by atoms with van der Waals surface area (Å²) < 4.78 is 0. The van der Waals surface area contributed by atoms with Crippen LogP contribution in [0.1, 0.15) is 7.43 Å². The van der Waals surface area contributed by atoms with Crippen molar-refractivity contribution in [2.24, 2.45) is 0 Å². The Morgan fingerprint density at radius 2 is 1.83 bits per heavy atom. The third-order valence-corrected chi connectivity index (χ3v) is 1.46. The summed E-state index contributed by atoms with van der Waals surface area (Å²) in [7, 11) is 0. The van der Waals surface area contributed by atoms with Crippen LogP contribution in [0, 0.1) is 0 Å². The summed E-state index contributed by atoms with van der Waals surface area (Å²) in [5.74, 6) is 0.811. The Labute approximate surface area is 71.5 Å². The highest BCUT2D eigenvalue weighted by atomic mass is 15.2. The van der Waals surface area contributed by atoms with Gasteiger partial charge >= 0.3 is 0 Å². The highest BCUT2D eigenvalue weighted by molar-refractivity contribution is 5.53. The van der Waals surface area contributed by atoms with Crippen molar-refractivity contribution < 1.29 is 0 Å². The molecule has 3 nitrogen and oxygen atoms in total.